The molecule has 1 aromatic heterocycles. The summed E-state index contributed by atoms with van der Waals surface area (Å²) in [5, 5.41) is 8.65. The summed E-state index contributed by atoms with van der Waals surface area (Å²) in [4.78, 5) is 5.95. The molecular formula is C22H23ClN4O. The lowest BCUT2D eigenvalue weighted by Gasteiger charge is -2.24. The number of ether oxygens (including phenoxy) is 1. The Hall–Kier alpha value is -3.05. The molecule has 3 N–H and O–H groups in total. The highest BCUT2D eigenvalue weighted by Gasteiger charge is 2.19. The molecule has 0 radical (unpaired) electrons. The van der Waals surface area contributed by atoms with E-state index in [4.69, 9.17) is 27.5 Å². The van der Waals surface area contributed by atoms with Crippen molar-refractivity contribution in [2.24, 2.45) is 5.73 Å². The predicted octanol–water partition coefficient (Wildman–Crippen LogP) is 5.27. The van der Waals surface area contributed by atoms with Gasteiger partial charge in [0.1, 0.15) is 6.61 Å². The Kier molecular flexibility index (Phi) is 5.85. The molecule has 0 bridgehead atoms. The standard InChI is InChI=1S/C22H23ClN4O/c1-14-11-15(2)19(16(3)12-14)13-28-20-5-4-10-26-21(20)27(22(24)25)18-8-6-17(23)7-9-18/h4-12H,13H2,1-3H3,(H3,24,25). The maximum Gasteiger partial charge on any atom is 0.198 e. The largest absolute Gasteiger partial charge is 0.485 e. The number of halogens is 1. The monoisotopic (exact) mass is 394 g/mol. The fourth-order valence-corrected chi connectivity index (χ4v) is 3.34. The molecule has 3 aromatic rings. The first-order chi connectivity index (χ1) is 13.4. The van der Waals surface area contributed by atoms with Crippen molar-refractivity contribution < 1.29 is 4.74 Å². The summed E-state index contributed by atoms with van der Waals surface area (Å²) < 4.78 is 6.12. The number of nitrogens with zero attached hydrogens (tertiary/aromatic N) is 2. The first-order valence-electron chi connectivity index (χ1n) is 8.91. The van der Waals surface area contributed by atoms with Crippen molar-refractivity contribution in [1.29, 1.82) is 5.41 Å². The molecule has 6 heteroatoms. The van der Waals surface area contributed by atoms with E-state index in [0.717, 1.165) is 5.56 Å². The van der Waals surface area contributed by atoms with E-state index < -0.39 is 0 Å². The number of pyridine rings is 1. The number of hydrogen-bond donors (Lipinski definition) is 2. The van der Waals surface area contributed by atoms with E-state index >= 15 is 0 Å². The highest BCUT2D eigenvalue weighted by Crippen LogP contribution is 2.33. The van der Waals surface area contributed by atoms with Gasteiger partial charge in [0.15, 0.2) is 17.5 Å². The number of nitrogens with two attached hydrogens (primary N) is 1. The maximum atomic E-state index is 8.04. The highest BCUT2D eigenvalue weighted by molar-refractivity contribution is 6.30. The number of rotatable bonds is 5. The Morgan fingerprint density at radius 1 is 1.11 bits per heavy atom. The number of benzene rings is 2. The Morgan fingerprint density at radius 3 is 2.36 bits per heavy atom. The van der Waals surface area contributed by atoms with Crippen molar-refractivity contribution in [1.82, 2.24) is 4.98 Å². The minimum Gasteiger partial charge on any atom is -0.485 e. The van der Waals surface area contributed by atoms with Crippen LogP contribution in [0.3, 0.4) is 0 Å². The number of aromatic nitrogens is 1. The zero-order chi connectivity index (χ0) is 20.3. The van der Waals surface area contributed by atoms with E-state index in [1.54, 1.807) is 36.5 Å². The summed E-state index contributed by atoms with van der Waals surface area (Å²) >= 11 is 5.99. The van der Waals surface area contributed by atoms with Crippen LogP contribution in [-0.2, 0) is 6.61 Å². The van der Waals surface area contributed by atoms with Crippen molar-refractivity contribution >= 4 is 29.1 Å². The summed E-state index contributed by atoms with van der Waals surface area (Å²) in [6.45, 7) is 6.65. The molecule has 0 aliphatic carbocycles. The summed E-state index contributed by atoms with van der Waals surface area (Å²) in [5.41, 5.74) is 11.3. The zero-order valence-corrected chi connectivity index (χ0v) is 16.9. The second-order valence-corrected chi connectivity index (χ2v) is 7.12. The van der Waals surface area contributed by atoms with Crippen LogP contribution in [-0.4, -0.2) is 10.9 Å². The third kappa shape index (κ3) is 4.26. The van der Waals surface area contributed by atoms with Crippen LogP contribution in [0.5, 0.6) is 5.75 Å². The zero-order valence-electron chi connectivity index (χ0n) is 16.2. The van der Waals surface area contributed by atoms with Crippen molar-refractivity contribution in [3.8, 4) is 5.75 Å². The van der Waals surface area contributed by atoms with Crippen molar-refractivity contribution in [2.45, 2.75) is 27.4 Å². The molecule has 1 heterocycles. The van der Waals surface area contributed by atoms with Crippen molar-refractivity contribution in [2.75, 3.05) is 4.90 Å². The summed E-state index contributed by atoms with van der Waals surface area (Å²) in [6, 6.07) is 15.0. The second kappa shape index (κ2) is 8.31. The Balaban J connectivity index is 1.94. The third-order valence-electron chi connectivity index (χ3n) is 4.50. The summed E-state index contributed by atoms with van der Waals surface area (Å²) in [5.74, 6) is 0.848. The number of nitrogens with one attached hydrogen (secondary N) is 1. The van der Waals surface area contributed by atoms with Crippen LogP contribution < -0.4 is 15.4 Å². The molecule has 0 saturated carbocycles. The van der Waals surface area contributed by atoms with Gasteiger partial charge < -0.3 is 10.5 Å². The molecule has 0 atom stereocenters. The van der Waals surface area contributed by atoms with E-state index in [0.29, 0.717) is 28.9 Å². The molecule has 0 aliphatic heterocycles. The van der Waals surface area contributed by atoms with Gasteiger partial charge in [0, 0.05) is 11.2 Å². The molecule has 0 spiro atoms. The molecule has 144 valence electrons. The first kappa shape index (κ1) is 19.7. The lowest BCUT2D eigenvalue weighted by Crippen LogP contribution is -2.33. The molecule has 0 unspecified atom stereocenters. The van der Waals surface area contributed by atoms with Crippen LogP contribution in [0, 0.1) is 26.2 Å². The van der Waals surface area contributed by atoms with Gasteiger partial charge in [0.25, 0.3) is 0 Å². The van der Waals surface area contributed by atoms with E-state index in [9.17, 15) is 0 Å². The number of anilines is 2. The van der Waals surface area contributed by atoms with Gasteiger partial charge in [-0.3, -0.25) is 10.3 Å². The summed E-state index contributed by atoms with van der Waals surface area (Å²) in [6.07, 6.45) is 1.65. The van der Waals surface area contributed by atoms with Crippen molar-refractivity contribution in [3.05, 3.63) is 82.0 Å². The van der Waals surface area contributed by atoms with E-state index in [1.165, 1.54) is 21.6 Å². The minimum atomic E-state index is -0.159. The lowest BCUT2D eigenvalue weighted by molar-refractivity contribution is 0.304. The van der Waals surface area contributed by atoms with E-state index in [2.05, 4.69) is 37.9 Å². The van der Waals surface area contributed by atoms with Gasteiger partial charge in [0.2, 0.25) is 0 Å². The Morgan fingerprint density at radius 2 is 1.75 bits per heavy atom. The van der Waals surface area contributed by atoms with Gasteiger partial charge in [-0.15, -0.1) is 0 Å². The van der Waals surface area contributed by atoms with Crippen molar-refractivity contribution in [3.63, 3.8) is 0 Å². The fourth-order valence-electron chi connectivity index (χ4n) is 3.22. The van der Waals surface area contributed by atoms with Crippen LogP contribution in [0.2, 0.25) is 5.02 Å². The van der Waals surface area contributed by atoms with Gasteiger partial charge >= 0.3 is 0 Å². The fraction of sp³-hybridized carbons (Fsp3) is 0.182. The number of guanidine groups is 1. The van der Waals surface area contributed by atoms with Gasteiger partial charge in [-0.25, -0.2) is 4.98 Å². The number of aryl methyl sites for hydroxylation is 3. The highest BCUT2D eigenvalue weighted by atomic mass is 35.5. The maximum absolute atomic E-state index is 8.04. The van der Waals surface area contributed by atoms with E-state index in [-0.39, 0.29) is 5.96 Å². The average molecular weight is 395 g/mol. The predicted molar refractivity (Wildman–Crippen MR) is 115 cm³/mol. The first-order valence-corrected chi connectivity index (χ1v) is 9.29. The molecular weight excluding hydrogens is 372 g/mol. The molecule has 0 aliphatic rings. The number of hydrogen-bond acceptors (Lipinski definition) is 3. The van der Waals surface area contributed by atoms with Crippen LogP contribution >= 0.6 is 11.6 Å². The quantitative estimate of drug-likeness (QED) is 0.456. The summed E-state index contributed by atoms with van der Waals surface area (Å²) in [7, 11) is 0. The smallest absolute Gasteiger partial charge is 0.198 e. The SMILES string of the molecule is Cc1cc(C)c(COc2cccnc2N(C(=N)N)c2ccc(Cl)cc2)c(C)c1. The molecule has 5 nitrogen and oxygen atoms in total. The Bertz CT molecular complexity index is 979. The van der Waals surface area contributed by atoms with Crippen LogP contribution in [0.4, 0.5) is 11.5 Å². The lowest BCUT2D eigenvalue weighted by atomic mass is 10.0. The Labute approximate surface area is 170 Å². The molecule has 3 rings (SSSR count). The van der Waals surface area contributed by atoms with Gasteiger partial charge in [0.05, 0.1) is 5.69 Å². The normalized spacial score (nSPS) is 10.6. The third-order valence-corrected chi connectivity index (χ3v) is 4.75. The molecule has 0 saturated heterocycles. The second-order valence-electron chi connectivity index (χ2n) is 6.69. The minimum absolute atomic E-state index is 0.159. The average Bonchev–Trinajstić information content (AvgIpc) is 2.63. The van der Waals surface area contributed by atoms with Gasteiger partial charge in [-0.05, 0) is 73.9 Å². The van der Waals surface area contributed by atoms with E-state index in [1.807, 2.05) is 6.07 Å². The molecule has 0 amide bonds. The van der Waals surface area contributed by atoms with Crippen LogP contribution in [0.15, 0.2) is 54.7 Å². The molecule has 0 fully saturated rings. The molecule has 2 aromatic carbocycles. The van der Waals surface area contributed by atoms with Crippen LogP contribution in [0.25, 0.3) is 0 Å². The van der Waals surface area contributed by atoms with Gasteiger partial charge in [-0.2, -0.15) is 0 Å². The van der Waals surface area contributed by atoms with Gasteiger partial charge in [-0.1, -0.05) is 29.3 Å². The van der Waals surface area contributed by atoms with Crippen LogP contribution in [0.1, 0.15) is 22.3 Å². The molecule has 28 heavy (non-hydrogen) atoms. The topological polar surface area (TPSA) is 75.2 Å².